The molecule has 0 atom stereocenters. The number of hydrogen-bond donors (Lipinski definition) is 1. The zero-order valence-corrected chi connectivity index (χ0v) is 14.2. The fourth-order valence-electron chi connectivity index (χ4n) is 2.77. The second kappa shape index (κ2) is 6.49. The van der Waals surface area contributed by atoms with Crippen LogP contribution in [0, 0.1) is 0 Å². The van der Waals surface area contributed by atoms with Gasteiger partial charge in [-0.3, -0.25) is 15.0 Å². The number of hydrogen-bond acceptors (Lipinski definition) is 6. The van der Waals surface area contributed by atoms with Crippen molar-refractivity contribution in [2.45, 2.75) is 0 Å². The SMILES string of the molecule is COC(=O)c1ccc(N2NC(=O)/C(=C/c3ccc4c(c3)OCO4)C2=O)cc1. The molecule has 1 saturated heterocycles. The Morgan fingerprint density at radius 2 is 1.85 bits per heavy atom. The average molecular weight is 366 g/mol. The number of hydrazine groups is 1. The van der Waals surface area contributed by atoms with Gasteiger partial charge in [0, 0.05) is 0 Å². The van der Waals surface area contributed by atoms with E-state index in [0.29, 0.717) is 28.3 Å². The molecule has 8 heteroatoms. The lowest BCUT2D eigenvalue weighted by Gasteiger charge is -2.14. The number of nitrogens with zero attached hydrogens (tertiary/aromatic N) is 1. The number of fused-ring (bicyclic) bond motifs is 1. The van der Waals surface area contributed by atoms with Crippen molar-refractivity contribution in [3.8, 4) is 11.5 Å². The number of ether oxygens (including phenoxy) is 3. The minimum absolute atomic E-state index is 0.00842. The molecule has 0 radical (unpaired) electrons. The normalized spacial score (nSPS) is 16.6. The molecule has 0 spiro atoms. The van der Waals surface area contributed by atoms with Crippen LogP contribution in [0.25, 0.3) is 6.08 Å². The van der Waals surface area contributed by atoms with E-state index in [-0.39, 0.29) is 12.4 Å². The quantitative estimate of drug-likeness (QED) is 0.504. The summed E-state index contributed by atoms with van der Waals surface area (Å²) < 4.78 is 15.2. The van der Waals surface area contributed by atoms with Crippen LogP contribution in [0.15, 0.2) is 48.0 Å². The van der Waals surface area contributed by atoms with Gasteiger partial charge in [0.1, 0.15) is 5.57 Å². The molecule has 2 amide bonds. The summed E-state index contributed by atoms with van der Waals surface area (Å²) in [7, 11) is 1.29. The lowest BCUT2D eigenvalue weighted by Crippen LogP contribution is -2.35. The lowest BCUT2D eigenvalue weighted by molar-refractivity contribution is -0.117. The van der Waals surface area contributed by atoms with Crippen molar-refractivity contribution in [1.82, 2.24) is 5.43 Å². The maximum Gasteiger partial charge on any atom is 0.337 e. The highest BCUT2D eigenvalue weighted by molar-refractivity contribution is 6.31. The molecule has 2 aromatic rings. The van der Waals surface area contributed by atoms with E-state index in [2.05, 4.69) is 10.2 Å². The largest absolute Gasteiger partial charge is 0.465 e. The first kappa shape index (κ1) is 16.6. The minimum Gasteiger partial charge on any atom is -0.465 e. The summed E-state index contributed by atoms with van der Waals surface area (Å²) >= 11 is 0. The van der Waals surface area contributed by atoms with Gasteiger partial charge in [-0.25, -0.2) is 9.80 Å². The van der Waals surface area contributed by atoms with E-state index in [1.165, 1.54) is 25.3 Å². The van der Waals surface area contributed by atoms with Crippen LogP contribution in [0.2, 0.25) is 0 Å². The molecule has 136 valence electrons. The summed E-state index contributed by atoms with van der Waals surface area (Å²) in [6, 6.07) is 11.3. The number of anilines is 1. The average Bonchev–Trinajstić information content (AvgIpc) is 3.27. The van der Waals surface area contributed by atoms with Gasteiger partial charge >= 0.3 is 5.97 Å². The van der Waals surface area contributed by atoms with E-state index >= 15 is 0 Å². The molecule has 4 rings (SSSR count). The van der Waals surface area contributed by atoms with Gasteiger partial charge in [0.15, 0.2) is 11.5 Å². The third-order valence-corrected chi connectivity index (χ3v) is 4.15. The molecule has 8 nitrogen and oxygen atoms in total. The number of carbonyl (C=O) groups is 3. The highest BCUT2D eigenvalue weighted by atomic mass is 16.7. The first-order valence-electron chi connectivity index (χ1n) is 8.02. The molecule has 0 saturated carbocycles. The van der Waals surface area contributed by atoms with E-state index in [4.69, 9.17) is 9.47 Å². The van der Waals surface area contributed by atoms with Crippen molar-refractivity contribution in [2.75, 3.05) is 18.9 Å². The van der Waals surface area contributed by atoms with Crippen LogP contribution in [0.1, 0.15) is 15.9 Å². The van der Waals surface area contributed by atoms with Crippen molar-refractivity contribution in [3.05, 3.63) is 59.2 Å². The zero-order chi connectivity index (χ0) is 19.0. The Kier molecular flexibility index (Phi) is 4.00. The second-order valence-electron chi connectivity index (χ2n) is 5.79. The third kappa shape index (κ3) is 2.97. The van der Waals surface area contributed by atoms with Crippen LogP contribution in [-0.4, -0.2) is 31.7 Å². The molecule has 27 heavy (non-hydrogen) atoms. The van der Waals surface area contributed by atoms with Crippen molar-refractivity contribution < 1.29 is 28.6 Å². The number of nitrogens with one attached hydrogen (secondary N) is 1. The summed E-state index contributed by atoms with van der Waals surface area (Å²) in [5, 5.41) is 1.13. The maximum atomic E-state index is 12.7. The van der Waals surface area contributed by atoms with Gasteiger partial charge in [-0.2, -0.15) is 0 Å². The number of rotatable bonds is 3. The van der Waals surface area contributed by atoms with Crippen LogP contribution >= 0.6 is 0 Å². The van der Waals surface area contributed by atoms with E-state index in [1.807, 2.05) is 0 Å². The monoisotopic (exact) mass is 366 g/mol. The van der Waals surface area contributed by atoms with Gasteiger partial charge in [-0.05, 0) is 48.0 Å². The Balaban J connectivity index is 1.59. The maximum absolute atomic E-state index is 12.7. The highest BCUT2D eigenvalue weighted by Crippen LogP contribution is 2.33. The molecule has 2 aliphatic heterocycles. The third-order valence-electron chi connectivity index (χ3n) is 4.15. The number of benzene rings is 2. The molecule has 2 aromatic carbocycles. The van der Waals surface area contributed by atoms with Gasteiger partial charge in [0.25, 0.3) is 11.8 Å². The van der Waals surface area contributed by atoms with Crippen molar-refractivity contribution in [2.24, 2.45) is 0 Å². The predicted molar refractivity (Wildman–Crippen MR) is 94.0 cm³/mol. The molecule has 0 unspecified atom stereocenters. The first-order valence-corrected chi connectivity index (χ1v) is 8.02. The molecule has 1 N–H and O–H groups in total. The van der Waals surface area contributed by atoms with Gasteiger partial charge in [-0.1, -0.05) is 6.07 Å². The summed E-state index contributed by atoms with van der Waals surface area (Å²) in [4.78, 5) is 36.4. The Labute approximate surface area is 153 Å². The number of esters is 1. The Morgan fingerprint density at radius 1 is 1.11 bits per heavy atom. The summed E-state index contributed by atoms with van der Waals surface area (Å²) in [5.41, 5.74) is 3.91. The molecule has 2 aliphatic rings. The van der Waals surface area contributed by atoms with Gasteiger partial charge in [-0.15, -0.1) is 0 Å². The van der Waals surface area contributed by atoms with Crippen molar-refractivity contribution in [1.29, 1.82) is 0 Å². The van der Waals surface area contributed by atoms with E-state index in [1.54, 1.807) is 30.3 Å². The zero-order valence-electron chi connectivity index (χ0n) is 14.2. The first-order chi connectivity index (χ1) is 13.1. The number of carbonyl (C=O) groups excluding carboxylic acids is 3. The van der Waals surface area contributed by atoms with Crippen molar-refractivity contribution in [3.63, 3.8) is 0 Å². The van der Waals surface area contributed by atoms with Gasteiger partial charge < -0.3 is 14.2 Å². The Hall–Kier alpha value is -3.81. The molecule has 0 bridgehead atoms. The second-order valence-corrected chi connectivity index (χ2v) is 5.79. The molecule has 0 aromatic heterocycles. The van der Waals surface area contributed by atoms with Gasteiger partial charge in [0.2, 0.25) is 6.79 Å². The van der Waals surface area contributed by atoms with Gasteiger partial charge in [0.05, 0.1) is 18.4 Å². The standard InChI is InChI=1S/C19H14N2O6/c1-25-19(24)12-3-5-13(6-4-12)21-18(23)14(17(22)20-21)8-11-2-7-15-16(9-11)27-10-26-15/h2-9H,10H2,1H3,(H,20,22)/b14-8-. The lowest BCUT2D eigenvalue weighted by atomic mass is 10.1. The summed E-state index contributed by atoms with van der Waals surface area (Å²) in [5.74, 6) is -0.322. The van der Waals surface area contributed by atoms with Crippen LogP contribution in [0.4, 0.5) is 5.69 Å². The van der Waals surface area contributed by atoms with E-state index < -0.39 is 17.8 Å². The predicted octanol–water partition coefficient (Wildman–Crippen LogP) is 1.66. The van der Waals surface area contributed by atoms with Crippen LogP contribution in [0.5, 0.6) is 11.5 Å². The van der Waals surface area contributed by atoms with Crippen molar-refractivity contribution >= 4 is 29.5 Å². The van der Waals surface area contributed by atoms with E-state index in [9.17, 15) is 14.4 Å². The van der Waals surface area contributed by atoms with E-state index in [0.717, 1.165) is 5.01 Å². The van der Waals surface area contributed by atoms with Crippen LogP contribution in [-0.2, 0) is 14.3 Å². The number of methoxy groups -OCH3 is 1. The topological polar surface area (TPSA) is 94.2 Å². The summed E-state index contributed by atoms with van der Waals surface area (Å²) in [6.07, 6.45) is 1.49. The summed E-state index contributed by atoms with van der Waals surface area (Å²) in [6.45, 7) is 0.143. The van der Waals surface area contributed by atoms with Crippen LogP contribution < -0.4 is 19.9 Å². The smallest absolute Gasteiger partial charge is 0.337 e. The minimum atomic E-state index is -0.519. The fourth-order valence-corrected chi connectivity index (χ4v) is 2.77. The fraction of sp³-hybridized carbons (Fsp3) is 0.105. The molecular weight excluding hydrogens is 352 g/mol. The Bertz CT molecular complexity index is 980. The van der Waals surface area contributed by atoms with Crippen LogP contribution in [0.3, 0.4) is 0 Å². The molecular formula is C19H14N2O6. The molecule has 2 heterocycles. The molecule has 1 fully saturated rings. The Morgan fingerprint density at radius 3 is 2.59 bits per heavy atom. The molecule has 0 aliphatic carbocycles. The highest BCUT2D eigenvalue weighted by Gasteiger charge is 2.34. The number of amides is 2.